The van der Waals surface area contributed by atoms with Gasteiger partial charge in [-0.05, 0) is 58.3 Å². The molecule has 0 amide bonds. The van der Waals surface area contributed by atoms with E-state index in [9.17, 15) is 0 Å². The lowest BCUT2D eigenvalue weighted by Gasteiger charge is -2.04. The number of imidazole rings is 1. The van der Waals surface area contributed by atoms with E-state index in [4.69, 9.17) is 9.40 Å². The summed E-state index contributed by atoms with van der Waals surface area (Å²) in [6.45, 7) is 0. The van der Waals surface area contributed by atoms with Gasteiger partial charge in [-0.1, -0.05) is 60.7 Å². The van der Waals surface area contributed by atoms with Gasteiger partial charge in [-0.2, -0.15) is 0 Å². The number of fused-ring (bicyclic) bond motifs is 5. The number of furan rings is 1. The summed E-state index contributed by atoms with van der Waals surface area (Å²) in [4.78, 5) is 4.73. The van der Waals surface area contributed by atoms with Crippen molar-refractivity contribution in [2.75, 3.05) is 0 Å². The first-order valence-electron chi connectivity index (χ1n) is 10.7. The molecular weight excluding hydrogens is 392 g/mol. The Morgan fingerprint density at radius 1 is 0.594 bits per heavy atom. The van der Waals surface area contributed by atoms with Gasteiger partial charge < -0.3 is 8.82 Å². The third-order valence-electron chi connectivity index (χ3n) is 6.22. The van der Waals surface area contributed by atoms with Crippen LogP contribution in [0.4, 0.5) is 0 Å². The molecule has 32 heavy (non-hydrogen) atoms. The summed E-state index contributed by atoms with van der Waals surface area (Å²) >= 11 is 0. The van der Waals surface area contributed by atoms with Gasteiger partial charge in [0.05, 0.1) is 5.69 Å². The van der Waals surface area contributed by atoms with E-state index in [0.717, 1.165) is 38.8 Å². The Morgan fingerprint density at radius 2 is 1.31 bits per heavy atom. The van der Waals surface area contributed by atoms with Gasteiger partial charge in [0.15, 0.2) is 0 Å². The van der Waals surface area contributed by atoms with E-state index in [2.05, 4.69) is 85.1 Å². The standard InChI is InChI=1S/C29H18N2O/c1-2-6-22-17-28-25(15-21(22)5-1)24-16-23(12-13-27(24)32-28)19-8-10-20(11-9-19)26-18-31-14-4-3-7-29(31)30-26/h1-18H. The van der Waals surface area contributed by atoms with E-state index in [-0.39, 0.29) is 0 Å². The van der Waals surface area contributed by atoms with Gasteiger partial charge in [0.2, 0.25) is 0 Å². The van der Waals surface area contributed by atoms with E-state index in [0.29, 0.717) is 0 Å². The summed E-state index contributed by atoms with van der Waals surface area (Å²) in [7, 11) is 0. The third kappa shape index (κ3) is 2.65. The Hall–Kier alpha value is -4.37. The van der Waals surface area contributed by atoms with Crippen LogP contribution in [0, 0.1) is 0 Å². The maximum Gasteiger partial charge on any atom is 0.137 e. The minimum absolute atomic E-state index is 0.917. The second kappa shape index (κ2) is 6.56. The Morgan fingerprint density at radius 3 is 2.16 bits per heavy atom. The fourth-order valence-corrected chi connectivity index (χ4v) is 4.55. The SMILES string of the molecule is c1ccc2cc3c(cc2c1)oc1ccc(-c2ccc(-c4cn5ccccc5n4)cc2)cc13. The largest absolute Gasteiger partial charge is 0.456 e. The highest BCUT2D eigenvalue weighted by Crippen LogP contribution is 2.35. The molecular formula is C29H18N2O. The molecule has 3 heteroatoms. The highest BCUT2D eigenvalue weighted by molar-refractivity contribution is 6.11. The minimum Gasteiger partial charge on any atom is -0.456 e. The third-order valence-corrected chi connectivity index (χ3v) is 6.22. The van der Waals surface area contributed by atoms with Gasteiger partial charge in [0.1, 0.15) is 16.8 Å². The Bertz CT molecular complexity index is 1740. The molecule has 0 spiro atoms. The van der Waals surface area contributed by atoms with Crippen LogP contribution in [-0.2, 0) is 0 Å². The Labute approximate surface area is 184 Å². The lowest BCUT2D eigenvalue weighted by atomic mass is 10.00. The molecule has 150 valence electrons. The van der Waals surface area contributed by atoms with Crippen LogP contribution < -0.4 is 0 Å². The monoisotopic (exact) mass is 410 g/mol. The number of hydrogen-bond acceptors (Lipinski definition) is 2. The zero-order valence-electron chi connectivity index (χ0n) is 17.2. The van der Waals surface area contributed by atoms with Crippen molar-refractivity contribution in [3.8, 4) is 22.4 Å². The van der Waals surface area contributed by atoms with Crippen molar-refractivity contribution in [1.82, 2.24) is 9.38 Å². The van der Waals surface area contributed by atoms with Crippen molar-refractivity contribution in [2.24, 2.45) is 0 Å². The highest BCUT2D eigenvalue weighted by atomic mass is 16.3. The van der Waals surface area contributed by atoms with E-state index >= 15 is 0 Å². The lowest BCUT2D eigenvalue weighted by Crippen LogP contribution is -1.81. The fraction of sp³-hybridized carbons (Fsp3) is 0. The average molecular weight is 410 g/mol. The Kier molecular flexibility index (Phi) is 3.55. The first-order chi connectivity index (χ1) is 15.8. The molecule has 0 N–H and O–H groups in total. The molecule has 0 bridgehead atoms. The zero-order valence-corrected chi connectivity index (χ0v) is 17.2. The predicted molar refractivity (Wildman–Crippen MR) is 131 cm³/mol. The van der Waals surface area contributed by atoms with Gasteiger partial charge in [0.25, 0.3) is 0 Å². The first-order valence-corrected chi connectivity index (χ1v) is 10.7. The lowest BCUT2D eigenvalue weighted by molar-refractivity contribution is 0.669. The van der Waals surface area contributed by atoms with E-state index in [1.54, 1.807) is 0 Å². The molecule has 3 heterocycles. The maximum atomic E-state index is 6.15. The van der Waals surface area contributed by atoms with Crippen molar-refractivity contribution in [1.29, 1.82) is 0 Å². The molecule has 0 unspecified atom stereocenters. The number of rotatable bonds is 2. The smallest absolute Gasteiger partial charge is 0.137 e. The topological polar surface area (TPSA) is 30.4 Å². The summed E-state index contributed by atoms with van der Waals surface area (Å²) in [5, 5.41) is 4.72. The number of nitrogens with zero attached hydrogens (tertiary/aromatic N) is 2. The summed E-state index contributed by atoms with van der Waals surface area (Å²) < 4.78 is 8.19. The first kappa shape index (κ1) is 17.3. The van der Waals surface area contributed by atoms with Crippen LogP contribution >= 0.6 is 0 Å². The molecule has 0 fully saturated rings. The van der Waals surface area contributed by atoms with Crippen LogP contribution in [0.3, 0.4) is 0 Å². The molecule has 3 nitrogen and oxygen atoms in total. The number of pyridine rings is 1. The fourth-order valence-electron chi connectivity index (χ4n) is 4.55. The van der Waals surface area contributed by atoms with Crippen molar-refractivity contribution >= 4 is 38.4 Å². The van der Waals surface area contributed by atoms with Crippen LogP contribution in [0.5, 0.6) is 0 Å². The summed E-state index contributed by atoms with van der Waals surface area (Å²) in [5.74, 6) is 0. The molecule has 0 saturated heterocycles. The molecule has 0 radical (unpaired) electrons. The number of benzene rings is 4. The molecule has 0 aliphatic carbocycles. The summed E-state index contributed by atoms with van der Waals surface area (Å²) in [6, 6.07) is 33.9. The number of hydrogen-bond donors (Lipinski definition) is 0. The van der Waals surface area contributed by atoms with Crippen molar-refractivity contribution < 1.29 is 4.42 Å². The second-order valence-corrected chi connectivity index (χ2v) is 8.18. The van der Waals surface area contributed by atoms with Crippen LogP contribution in [0.25, 0.3) is 60.7 Å². The maximum absolute atomic E-state index is 6.15. The van der Waals surface area contributed by atoms with E-state index < -0.39 is 0 Å². The van der Waals surface area contributed by atoms with Gasteiger partial charge in [-0.15, -0.1) is 0 Å². The van der Waals surface area contributed by atoms with Crippen LogP contribution in [0.15, 0.2) is 114 Å². The van der Waals surface area contributed by atoms with Crippen LogP contribution in [-0.4, -0.2) is 9.38 Å². The van der Waals surface area contributed by atoms with Gasteiger partial charge in [-0.3, -0.25) is 0 Å². The second-order valence-electron chi connectivity index (χ2n) is 8.18. The minimum atomic E-state index is 0.917. The van der Waals surface area contributed by atoms with Gasteiger partial charge in [-0.25, -0.2) is 4.98 Å². The molecule has 0 aliphatic rings. The van der Waals surface area contributed by atoms with Crippen molar-refractivity contribution in [3.05, 3.63) is 109 Å². The zero-order chi connectivity index (χ0) is 21.1. The summed E-state index contributed by atoms with van der Waals surface area (Å²) in [6.07, 6.45) is 4.09. The van der Waals surface area contributed by atoms with Gasteiger partial charge >= 0.3 is 0 Å². The predicted octanol–water partition coefficient (Wildman–Crippen LogP) is 7.72. The normalized spacial score (nSPS) is 11.8. The molecule has 0 aliphatic heterocycles. The Balaban J connectivity index is 1.32. The van der Waals surface area contributed by atoms with Crippen molar-refractivity contribution in [2.45, 2.75) is 0 Å². The molecule has 3 aromatic heterocycles. The number of aromatic nitrogens is 2. The van der Waals surface area contributed by atoms with Crippen LogP contribution in [0.2, 0.25) is 0 Å². The van der Waals surface area contributed by atoms with Crippen molar-refractivity contribution in [3.63, 3.8) is 0 Å². The molecule has 7 aromatic rings. The average Bonchev–Trinajstić information content (AvgIpc) is 3.43. The van der Waals surface area contributed by atoms with Crippen LogP contribution in [0.1, 0.15) is 0 Å². The van der Waals surface area contributed by atoms with E-state index in [1.807, 2.05) is 28.8 Å². The van der Waals surface area contributed by atoms with E-state index in [1.165, 1.54) is 21.9 Å². The highest BCUT2D eigenvalue weighted by Gasteiger charge is 2.10. The quantitative estimate of drug-likeness (QED) is 0.292. The molecule has 7 rings (SSSR count). The molecule has 0 saturated carbocycles. The van der Waals surface area contributed by atoms with Gasteiger partial charge in [0, 0.05) is 28.7 Å². The molecule has 4 aromatic carbocycles. The summed E-state index contributed by atoms with van der Waals surface area (Å²) in [5.41, 5.74) is 7.24. The molecule has 0 atom stereocenters.